The van der Waals surface area contributed by atoms with Crippen LogP contribution in [0.4, 0.5) is 4.79 Å². The fourth-order valence-corrected chi connectivity index (χ4v) is 4.83. The van der Waals surface area contributed by atoms with Crippen molar-refractivity contribution in [3.05, 3.63) is 75.7 Å². The second kappa shape index (κ2) is 10.7. The van der Waals surface area contributed by atoms with Gasteiger partial charge in [0.1, 0.15) is 22.5 Å². The lowest BCUT2D eigenvalue weighted by Crippen LogP contribution is -2.46. The summed E-state index contributed by atoms with van der Waals surface area (Å²) in [6, 6.07) is 15.2. The molecule has 182 valence electrons. The van der Waals surface area contributed by atoms with Gasteiger partial charge in [-0.2, -0.15) is 0 Å². The molecular weight excluding hydrogens is 468 g/mol. The molecule has 1 atom stereocenters. The molecule has 1 heterocycles. The van der Waals surface area contributed by atoms with Crippen molar-refractivity contribution in [3.8, 4) is 11.1 Å². The van der Waals surface area contributed by atoms with Crippen LogP contribution in [0.5, 0.6) is 0 Å². The Balaban J connectivity index is 1.30. The largest absolute Gasteiger partial charge is 0.480 e. The monoisotopic (exact) mass is 494 g/mol. The van der Waals surface area contributed by atoms with Crippen molar-refractivity contribution in [2.75, 3.05) is 27.2 Å². The summed E-state index contributed by atoms with van der Waals surface area (Å²) in [6.07, 6.45) is 0.786. The fourth-order valence-electron chi connectivity index (χ4n) is 4.07. The number of rotatable bonds is 9. The van der Waals surface area contributed by atoms with E-state index >= 15 is 0 Å². The van der Waals surface area contributed by atoms with Gasteiger partial charge in [0.25, 0.3) is 5.91 Å². The number of ether oxygens (including phenoxy) is 1. The quantitative estimate of drug-likeness (QED) is 0.418. The van der Waals surface area contributed by atoms with Crippen LogP contribution in [-0.4, -0.2) is 66.2 Å². The lowest BCUT2D eigenvalue weighted by Gasteiger charge is -2.18. The normalized spacial score (nSPS) is 13.1. The second-order valence-electron chi connectivity index (χ2n) is 8.42. The molecule has 2 aromatic carbocycles. The maximum Gasteiger partial charge on any atom is 0.407 e. The van der Waals surface area contributed by atoms with E-state index in [1.165, 1.54) is 6.20 Å². The zero-order valence-corrected chi connectivity index (χ0v) is 20.2. The summed E-state index contributed by atoms with van der Waals surface area (Å²) in [5.74, 6) is -1.68. The molecule has 1 aromatic heterocycles. The second-order valence-corrected chi connectivity index (χ2v) is 9.54. The van der Waals surface area contributed by atoms with Crippen molar-refractivity contribution in [2.24, 2.45) is 0 Å². The van der Waals surface area contributed by atoms with Crippen molar-refractivity contribution in [3.63, 3.8) is 0 Å². The minimum absolute atomic E-state index is 0.0346. The van der Waals surface area contributed by atoms with Gasteiger partial charge < -0.3 is 25.4 Å². The number of amides is 2. The molecule has 1 aliphatic carbocycles. The van der Waals surface area contributed by atoms with Gasteiger partial charge >= 0.3 is 12.1 Å². The summed E-state index contributed by atoms with van der Waals surface area (Å²) < 4.78 is 5.51. The molecule has 2 amide bonds. The number of nitrogens with zero attached hydrogens (tertiary/aromatic N) is 2. The number of hydrogen-bond acceptors (Lipinski definition) is 7. The molecule has 4 rings (SSSR count). The molecule has 0 saturated carbocycles. The molecule has 0 aliphatic heterocycles. The van der Waals surface area contributed by atoms with E-state index in [9.17, 15) is 19.5 Å². The van der Waals surface area contributed by atoms with Crippen LogP contribution in [0.3, 0.4) is 0 Å². The molecular formula is C25H26N4O5S. The minimum Gasteiger partial charge on any atom is -0.480 e. The molecule has 0 bridgehead atoms. The molecule has 3 aromatic rings. The Bertz CT molecular complexity index is 1200. The molecule has 1 unspecified atom stereocenters. The van der Waals surface area contributed by atoms with Gasteiger partial charge in [-0.3, -0.25) is 4.79 Å². The van der Waals surface area contributed by atoms with Gasteiger partial charge in [-0.15, -0.1) is 11.3 Å². The van der Waals surface area contributed by atoms with E-state index in [0.717, 1.165) is 33.6 Å². The van der Waals surface area contributed by atoms with E-state index in [4.69, 9.17) is 4.74 Å². The number of hydrogen-bond donors (Lipinski definition) is 3. The molecule has 0 radical (unpaired) electrons. The number of carbonyl (C=O) groups excluding carboxylic acids is 2. The SMILES string of the molecule is CN(C)CC(NC(=O)c1cnc(CNC(=O)OCC2c3ccccc3-c3ccccc32)s1)C(=O)O. The highest BCUT2D eigenvalue weighted by atomic mass is 32.1. The van der Waals surface area contributed by atoms with Gasteiger partial charge in [-0.25, -0.2) is 14.6 Å². The highest BCUT2D eigenvalue weighted by molar-refractivity contribution is 7.13. The number of carboxylic acid groups (broad SMARTS) is 1. The highest BCUT2D eigenvalue weighted by Gasteiger charge is 2.29. The van der Waals surface area contributed by atoms with E-state index < -0.39 is 24.0 Å². The topological polar surface area (TPSA) is 121 Å². The maximum atomic E-state index is 12.4. The smallest absolute Gasteiger partial charge is 0.407 e. The summed E-state index contributed by atoms with van der Waals surface area (Å²) in [5.41, 5.74) is 4.57. The van der Waals surface area contributed by atoms with Crippen molar-refractivity contribution in [2.45, 2.75) is 18.5 Å². The zero-order chi connectivity index (χ0) is 24.9. The minimum atomic E-state index is -1.12. The number of likely N-dealkylation sites (N-methyl/N-ethyl adjacent to an activating group) is 1. The van der Waals surface area contributed by atoms with Gasteiger partial charge in [0.2, 0.25) is 0 Å². The molecule has 10 heteroatoms. The summed E-state index contributed by atoms with van der Waals surface area (Å²) in [5, 5.41) is 14.9. The first-order valence-electron chi connectivity index (χ1n) is 11.1. The summed E-state index contributed by atoms with van der Waals surface area (Å²) >= 11 is 1.08. The molecule has 35 heavy (non-hydrogen) atoms. The van der Waals surface area contributed by atoms with E-state index in [0.29, 0.717) is 5.01 Å². The Morgan fingerprint density at radius 3 is 2.31 bits per heavy atom. The zero-order valence-electron chi connectivity index (χ0n) is 19.4. The Kier molecular flexibility index (Phi) is 7.42. The predicted octanol–water partition coefficient (Wildman–Crippen LogP) is 2.93. The Morgan fingerprint density at radius 1 is 1.09 bits per heavy atom. The average Bonchev–Trinajstić information content (AvgIpc) is 3.44. The fraction of sp³-hybridized carbons (Fsp3) is 0.280. The number of aromatic nitrogens is 1. The van der Waals surface area contributed by atoms with E-state index in [1.54, 1.807) is 19.0 Å². The number of alkyl carbamates (subject to hydrolysis) is 1. The summed E-state index contributed by atoms with van der Waals surface area (Å²) in [7, 11) is 3.45. The molecule has 9 nitrogen and oxygen atoms in total. The van der Waals surface area contributed by atoms with E-state index in [-0.39, 0.29) is 30.5 Å². The standard InChI is InChI=1S/C25H26N4O5S/c1-29(2)13-20(24(31)32)28-23(30)21-11-26-22(35-21)12-27-25(33)34-14-19-17-9-5-3-7-15(17)16-8-4-6-10-18(16)19/h3-11,19-20H,12-14H2,1-2H3,(H,27,33)(H,28,30)(H,31,32). The Morgan fingerprint density at radius 2 is 1.71 bits per heavy atom. The van der Waals surface area contributed by atoms with Crippen LogP contribution in [0.25, 0.3) is 11.1 Å². The van der Waals surface area contributed by atoms with Gasteiger partial charge in [-0.05, 0) is 36.3 Å². The van der Waals surface area contributed by atoms with Gasteiger partial charge in [-0.1, -0.05) is 48.5 Å². The lowest BCUT2D eigenvalue weighted by molar-refractivity contribution is -0.139. The molecule has 0 fully saturated rings. The first-order chi connectivity index (χ1) is 16.8. The third-order valence-electron chi connectivity index (χ3n) is 5.66. The van der Waals surface area contributed by atoms with Crippen molar-refractivity contribution in [1.29, 1.82) is 0 Å². The number of aliphatic carboxylic acids is 1. The van der Waals surface area contributed by atoms with Crippen molar-refractivity contribution >= 4 is 29.3 Å². The Hall–Kier alpha value is -3.76. The third-order valence-corrected chi connectivity index (χ3v) is 6.65. The summed E-state index contributed by atoms with van der Waals surface area (Å²) in [4.78, 5) is 42.2. The van der Waals surface area contributed by atoms with Gasteiger partial charge in [0, 0.05) is 12.5 Å². The van der Waals surface area contributed by atoms with Crippen LogP contribution in [0, 0.1) is 0 Å². The van der Waals surface area contributed by atoms with E-state index in [2.05, 4.69) is 39.9 Å². The molecule has 0 spiro atoms. The van der Waals surface area contributed by atoms with Gasteiger partial charge in [0.15, 0.2) is 0 Å². The average molecular weight is 495 g/mol. The van der Waals surface area contributed by atoms with Crippen LogP contribution in [0.2, 0.25) is 0 Å². The molecule has 1 aliphatic rings. The van der Waals surface area contributed by atoms with Crippen LogP contribution >= 0.6 is 11.3 Å². The summed E-state index contributed by atoms with van der Waals surface area (Å²) in [6.45, 7) is 0.457. The van der Waals surface area contributed by atoms with Crippen LogP contribution in [0.1, 0.15) is 31.7 Å². The lowest BCUT2D eigenvalue weighted by atomic mass is 9.98. The third kappa shape index (κ3) is 5.67. The van der Waals surface area contributed by atoms with Crippen molar-refractivity contribution < 1.29 is 24.2 Å². The van der Waals surface area contributed by atoms with E-state index in [1.807, 2.05) is 24.3 Å². The van der Waals surface area contributed by atoms with Gasteiger partial charge in [0.05, 0.1) is 12.7 Å². The Labute approximate surface area is 206 Å². The molecule has 3 N–H and O–H groups in total. The van der Waals surface area contributed by atoms with Crippen LogP contribution in [0.15, 0.2) is 54.7 Å². The van der Waals surface area contributed by atoms with Crippen LogP contribution < -0.4 is 10.6 Å². The number of carboxylic acids is 1. The predicted molar refractivity (Wildman–Crippen MR) is 131 cm³/mol. The number of nitrogens with one attached hydrogen (secondary N) is 2. The number of carbonyl (C=O) groups is 3. The number of benzene rings is 2. The first kappa shape index (κ1) is 24.4. The first-order valence-corrected chi connectivity index (χ1v) is 11.9. The van der Waals surface area contributed by atoms with Crippen molar-refractivity contribution in [1.82, 2.24) is 20.5 Å². The van der Waals surface area contributed by atoms with Crippen LogP contribution in [-0.2, 0) is 16.1 Å². The number of thiazole rings is 1. The molecule has 0 saturated heterocycles. The number of fused-ring (bicyclic) bond motifs is 3. The highest BCUT2D eigenvalue weighted by Crippen LogP contribution is 2.44. The maximum absolute atomic E-state index is 12.4.